The molecule has 0 aromatic heterocycles. The summed E-state index contributed by atoms with van der Waals surface area (Å²) >= 11 is 5.69. The van der Waals surface area contributed by atoms with Crippen LogP contribution in [0.3, 0.4) is 0 Å². The van der Waals surface area contributed by atoms with Crippen LogP contribution in [-0.2, 0) is 9.68 Å². The molecule has 0 radical (unpaired) electrons. The van der Waals surface area contributed by atoms with Crippen LogP contribution < -0.4 is 34.4 Å². The Morgan fingerprint density at radius 2 is 2.08 bits per heavy atom. The van der Waals surface area contributed by atoms with Gasteiger partial charge in [0.05, 0.1) is 5.02 Å². The van der Waals surface area contributed by atoms with E-state index in [1.165, 1.54) is 6.92 Å². The van der Waals surface area contributed by atoms with Crippen molar-refractivity contribution < 1.29 is 45.6 Å². The molecule has 1 aromatic carbocycles. The smallest absolute Gasteiger partial charge is 1.00 e. The van der Waals surface area contributed by atoms with Crippen LogP contribution in [-0.4, -0.2) is 5.97 Å². The van der Waals surface area contributed by atoms with E-state index in [-0.39, 0.29) is 31.0 Å². The standard InChI is InChI=1S/C8H7ClO3.Na.H/c1-6(10)11-12-8-5-3-2-4-7(8)9;;/h2-5H,1H3;;/q;+1;-1. The molecule has 1 rings (SSSR count). The van der Waals surface area contributed by atoms with E-state index >= 15 is 0 Å². The minimum Gasteiger partial charge on any atom is -1.00 e. The van der Waals surface area contributed by atoms with Crippen LogP contribution in [0, 0.1) is 0 Å². The van der Waals surface area contributed by atoms with Crippen LogP contribution in [0.25, 0.3) is 0 Å². The molecule has 0 aliphatic heterocycles. The predicted molar refractivity (Wildman–Crippen MR) is 45.0 cm³/mol. The number of benzene rings is 1. The molecule has 0 saturated heterocycles. The second-order valence-corrected chi connectivity index (χ2v) is 2.50. The number of rotatable bonds is 2. The molecule has 0 aliphatic carbocycles. The zero-order valence-electron chi connectivity index (χ0n) is 8.41. The average Bonchev–Trinajstić information content (AvgIpc) is 2.03. The normalized spacial score (nSPS) is 8.46. The number of carbonyl (C=O) groups excluding carboxylic acids is 1. The van der Waals surface area contributed by atoms with Gasteiger partial charge in [0.25, 0.3) is 0 Å². The first kappa shape index (κ1) is 12.8. The van der Waals surface area contributed by atoms with Crippen LogP contribution in [0.5, 0.6) is 5.75 Å². The molecule has 66 valence electrons. The fourth-order valence-electron chi connectivity index (χ4n) is 0.616. The zero-order chi connectivity index (χ0) is 8.97. The first-order chi connectivity index (χ1) is 5.70. The van der Waals surface area contributed by atoms with Crippen LogP contribution in [0.15, 0.2) is 24.3 Å². The third-order valence-corrected chi connectivity index (χ3v) is 1.40. The van der Waals surface area contributed by atoms with Gasteiger partial charge in [-0.25, -0.2) is 4.79 Å². The van der Waals surface area contributed by atoms with E-state index in [9.17, 15) is 4.79 Å². The van der Waals surface area contributed by atoms with Crippen molar-refractivity contribution in [2.24, 2.45) is 0 Å². The SMILES string of the molecule is CC(=O)OOc1ccccc1Cl.[H-].[Na+]. The summed E-state index contributed by atoms with van der Waals surface area (Å²) < 4.78 is 0. The number of para-hydroxylation sites is 1. The Hall–Kier alpha value is -0.220. The summed E-state index contributed by atoms with van der Waals surface area (Å²) in [6.07, 6.45) is 0. The molecule has 0 atom stereocenters. The summed E-state index contributed by atoms with van der Waals surface area (Å²) in [5, 5.41) is 0.402. The van der Waals surface area contributed by atoms with E-state index in [4.69, 9.17) is 11.6 Å². The van der Waals surface area contributed by atoms with Gasteiger partial charge in [0, 0.05) is 6.92 Å². The first-order valence-electron chi connectivity index (χ1n) is 3.30. The Morgan fingerprint density at radius 1 is 1.46 bits per heavy atom. The first-order valence-corrected chi connectivity index (χ1v) is 3.67. The van der Waals surface area contributed by atoms with Crippen molar-refractivity contribution in [3.05, 3.63) is 29.3 Å². The average molecular weight is 211 g/mol. The molecule has 0 unspecified atom stereocenters. The molecule has 13 heavy (non-hydrogen) atoms. The van der Waals surface area contributed by atoms with Crippen LogP contribution in [0.4, 0.5) is 0 Å². The molecule has 0 saturated carbocycles. The number of carbonyl (C=O) groups is 1. The molecule has 0 bridgehead atoms. The van der Waals surface area contributed by atoms with Crippen molar-refractivity contribution in [2.75, 3.05) is 0 Å². The van der Waals surface area contributed by atoms with Crippen molar-refractivity contribution in [1.82, 2.24) is 0 Å². The summed E-state index contributed by atoms with van der Waals surface area (Å²) in [6, 6.07) is 6.72. The Balaban J connectivity index is 0. The van der Waals surface area contributed by atoms with Crippen molar-refractivity contribution in [3.8, 4) is 5.75 Å². The summed E-state index contributed by atoms with van der Waals surface area (Å²) in [7, 11) is 0. The second-order valence-electron chi connectivity index (χ2n) is 2.09. The van der Waals surface area contributed by atoms with Crippen LogP contribution in [0.1, 0.15) is 8.35 Å². The second kappa shape index (κ2) is 6.27. The molecule has 0 heterocycles. The van der Waals surface area contributed by atoms with Gasteiger partial charge in [-0.15, -0.1) is 0 Å². The third kappa shape index (κ3) is 4.52. The topological polar surface area (TPSA) is 35.5 Å². The Labute approximate surface area is 105 Å². The minimum atomic E-state index is -0.519. The quantitative estimate of drug-likeness (QED) is 0.368. The van der Waals surface area contributed by atoms with Crippen LogP contribution >= 0.6 is 11.6 Å². The maximum absolute atomic E-state index is 10.3. The van der Waals surface area contributed by atoms with E-state index in [1.807, 2.05) is 0 Å². The summed E-state index contributed by atoms with van der Waals surface area (Å²) in [4.78, 5) is 19.2. The van der Waals surface area contributed by atoms with Crippen molar-refractivity contribution in [3.63, 3.8) is 0 Å². The van der Waals surface area contributed by atoms with E-state index < -0.39 is 5.97 Å². The van der Waals surface area contributed by atoms with Crippen molar-refractivity contribution in [2.45, 2.75) is 6.92 Å². The maximum Gasteiger partial charge on any atom is 1.00 e. The maximum atomic E-state index is 10.3. The predicted octanol–water partition coefficient (Wildman–Crippen LogP) is -0.687. The molecule has 0 amide bonds. The number of hydrogen-bond acceptors (Lipinski definition) is 3. The number of halogens is 1. The zero-order valence-corrected chi connectivity index (χ0v) is 10.2. The summed E-state index contributed by atoms with van der Waals surface area (Å²) in [5.74, 6) is -0.190. The molecule has 0 N–H and O–H groups in total. The molecular weight excluding hydrogens is 203 g/mol. The molecule has 3 nitrogen and oxygen atoms in total. The van der Waals surface area contributed by atoms with Gasteiger partial charge in [-0.05, 0) is 12.1 Å². The largest absolute Gasteiger partial charge is 1.00 e. The summed E-state index contributed by atoms with van der Waals surface area (Å²) in [6.45, 7) is 1.25. The van der Waals surface area contributed by atoms with Gasteiger partial charge in [0.2, 0.25) is 0 Å². The minimum absolute atomic E-state index is 0. The Kier molecular flexibility index (Phi) is 6.16. The van der Waals surface area contributed by atoms with E-state index in [0.717, 1.165) is 0 Å². The van der Waals surface area contributed by atoms with Gasteiger partial charge in [0.1, 0.15) is 0 Å². The van der Waals surface area contributed by atoms with Gasteiger partial charge >= 0.3 is 35.5 Å². The number of hydrogen-bond donors (Lipinski definition) is 0. The van der Waals surface area contributed by atoms with Crippen molar-refractivity contribution >= 4 is 17.6 Å². The van der Waals surface area contributed by atoms with E-state index in [1.54, 1.807) is 24.3 Å². The molecule has 1 aromatic rings. The summed E-state index contributed by atoms with van der Waals surface area (Å²) in [5.41, 5.74) is 0. The Bertz CT molecular complexity index is 296. The van der Waals surface area contributed by atoms with Crippen molar-refractivity contribution in [1.29, 1.82) is 0 Å². The monoisotopic (exact) mass is 210 g/mol. The third-order valence-electron chi connectivity index (χ3n) is 1.09. The van der Waals surface area contributed by atoms with Gasteiger partial charge in [0.15, 0.2) is 5.75 Å². The molecule has 0 spiro atoms. The molecule has 0 fully saturated rings. The molecule has 0 aliphatic rings. The van der Waals surface area contributed by atoms with Crippen LogP contribution in [0.2, 0.25) is 5.02 Å². The fraction of sp³-hybridized carbons (Fsp3) is 0.125. The van der Waals surface area contributed by atoms with E-state index in [2.05, 4.69) is 9.78 Å². The van der Waals surface area contributed by atoms with E-state index in [0.29, 0.717) is 10.8 Å². The van der Waals surface area contributed by atoms with Gasteiger partial charge in [-0.1, -0.05) is 23.7 Å². The van der Waals surface area contributed by atoms with Gasteiger partial charge in [-0.3, -0.25) is 9.78 Å². The molecular formula is C8H8ClNaO3. The fourth-order valence-corrected chi connectivity index (χ4v) is 0.783. The van der Waals surface area contributed by atoms with Gasteiger partial charge in [-0.2, -0.15) is 0 Å². The van der Waals surface area contributed by atoms with Gasteiger partial charge < -0.3 is 1.43 Å². The molecule has 5 heteroatoms. The Morgan fingerprint density at radius 3 is 2.62 bits per heavy atom.